The second-order valence-corrected chi connectivity index (χ2v) is 4.33. The lowest BCUT2D eigenvalue weighted by molar-refractivity contribution is 0.276. The minimum atomic E-state index is 0.0820. The molecule has 0 unspecified atom stereocenters. The van der Waals surface area contributed by atoms with Crippen LogP contribution < -0.4 is 0 Å². The zero-order chi connectivity index (χ0) is 11.7. The van der Waals surface area contributed by atoms with Gasteiger partial charge in [-0.15, -0.1) is 0 Å². The number of aliphatic hydroxyl groups excluding tert-OH is 1. The SMILES string of the molecule is CCc1nc2cc(Cl)c(Cl)cc2n1CCO. The predicted molar refractivity (Wildman–Crippen MR) is 66.2 cm³/mol. The van der Waals surface area contributed by atoms with Crippen molar-refractivity contribution < 1.29 is 5.11 Å². The Hall–Kier alpha value is -0.770. The Morgan fingerprint density at radius 3 is 2.62 bits per heavy atom. The van der Waals surface area contributed by atoms with Gasteiger partial charge in [0.1, 0.15) is 5.82 Å². The number of aryl methyl sites for hydroxylation is 1. The van der Waals surface area contributed by atoms with E-state index in [1.807, 2.05) is 11.5 Å². The van der Waals surface area contributed by atoms with Gasteiger partial charge < -0.3 is 9.67 Å². The lowest BCUT2D eigenvalue weighted by atomic mass is 10.3. The summed E-state index contributed by atoms with van der Waals surface area (Å²) in [6.07, 6.45) is 0.809. The van der Waals surface area contributed by atoms with Gasteiger partial charge in [0.05, 0.1) is 27.7 Å². The highest BCUT2D eigenvalue weighted by molar-refractivity contribution is 6.42. The van der Waals surface area contributed by atoms with Crippen LogP contribution in [0.3, 0.4) is 0 Å². The van der Waals surface area contributed by atoms with E-state index in [2.05, 4.69) is 4.98 Å². The number of imidazole rings is 1. The fourth-order valence-corrected chi connectivity index (χ4v) is 2.11. The van der Waals surface area contributed by atoms with E-state index in [1.54, 1.807) is 12.1 Å². The minimum absolute atomic E-state index is 0.0820. The second kappa shape index (κ2) is 4.62. The van der Waals surface area contributed by atoms with E-state index in [-0.39, 0.29) is 6.61 Å². The van der Waals surface area contributed by atoms with Crippen LogP contribution in [0, 0.1) is 0 Å². The number of hydrogen-bond acceptors (Lipinski definition) is 2. The average Bonchev–Trinajstić information content (AvgIpc) is 2.58. The van der Waals surface area contributed by atoms with Crippen molar-refractivity contribution in [3.05, 3.63) is 28.0 Å². The molecule has 2 rings (SSSR count). The molecular weight excluding hydrogens is 247 g/mol. The summed E-state index contributed by atoms with van der Waals surface area (Å²) in [5.41, 5.74) is 1.74. The highest BCUT2D eigenvalue weighted by atomic mass is 35.5. The molecule has 0 saturated carbocycles. The Morgan fingerprint density at radius 2 is 2.00 bits per heavy atom. The van der Waals surface area contributed by atoms with Gasteiger partial charge >= 0.3 is 0 Å². The molecule has 0 aliphatic carbocycles. The largest absolute Gasteiger partial charge is 0.395 e. The van der Waals surface area contributed by atoms with E-state index in [0.29, 0.717) is 16.6 Å². The first-order chi connectivity index (χ1) is 7.67. The van der Waals surface area contributed by atoms with Crippen molar-refractivity contribution in [2.24, 2.45) is 0 Å². The van der Waals surface area contributed by atoms with Crippen LogP contribution in [0.25, 0.3) is 11.0 Å². The first-order valence-electron chi connectivity index (χ1n) is 5.12. The number of aliphatic hydroxyl groups is 1. The highest BCUT2D eigenvalue weighted by Crippen LogP contribution is 2.28. The Labute approximate surface area is 104 Å². The molecule has 16 heavy (non-hydrogen) atoms. The summed E-state index contributed by atoms with van der Waals surface area (Å²) in [5, 5.41) is 10.0. The summed E-state index contributed by atoms with van der Waals surface area (Å²) in [6.45, 7) is 2.63. The average molecular weight is 259 g/mol. The minimum Gasteiger partial charge on any atom is -0.395 e. The monoisotopic (exact) mass is 258 g/mol. The molecule has 0 atom stereocenters. The standard InChI is InChI=1S/C11H12Cl2N2O/c1-2-11-14-9-5-7(12)8(13)6-10(9)15(11)3-4-16/h5-6,16H,2-4H2,1H3. The lowest BCUT2D eigenvalue weighted by Crippen LogP contribution is -2.05. The predicted octanol–water partition coefficient (Wildman–Crippen LogP) is 2.90. The Balaban J connectivity index is 2.69. The number of nitrogens with zero attached hydrogens (tertiary/aromatic N) is 2. The molecule has 2 aromatic rings. The van der Waals surface area contributed by atoms with Gasteiger partial charge in [-0.1, -0.05) is 30.1 Å². The van der Waals surface area contributed by atoms with E-state index in [1.165, 1.54) is 0 Å². The first kappa shape index (κ1) is 11.7. The molecule has 1 aromatic heterocycles. The molecule has 0 bridgehead atoms. The maximum Gasteiger partial charge on any atom is 0.109 e. The van der Waals surface area contributed by atoms with Crippen LogP contribution in [0.4, 0.5) is 0 Å². The van der Waals surface area contributed by atoms with Gasteiger partial charge in [-0.3, -0.25) is 0 Å². The van der Waals surface area contributed by atoms with E-state index in [4.69, 9.17) is 28.3 Å². The van der Waals surface area contributed by atoms with Crippen LogP contribution in [0.1, 0.15) is 12.7 Å². The van der Waals surface area contributed by atoms with Gasteiger partial charge in [-0.2, -0.15) is 0 Å². The van der Waals surface area contributed by atoms with Crippen LogP contribution >= 0.6 is 23.2 Å². The van der Waals surface area contributed by atoms with E-state index < -0.39 is 0 Å². The van der Waals surface area contributed by atoms with Gasteiger partial charge in [-0.05, 0) is 12.1 Å². The number of benzene rings is 1. The van der Waals surface area contributed by atoms with Gasteiger partial charge in [0, 0.05) is 13.0 Å². The van der Waals surface area contributed by atoms with Gasteiger partial charge in [0.25, 0.3) is 0 Å². The van der Waals surface area contributed by atoms with Crippen LogP contribution in [0.15, 0.2) is 12.1 Å². The Kier molecular flexibility index (Phi) is 3.38. The molecule has 1 heterocycles. The van der Waals surface area contributed by atoms with Crippen LogP contribution in [-0.2, 0) is 13.0 Å². The Morgan fingerprint density at radius 1 is 1.31 bits per heavy atom. The third-order valence-corrected chi connectivity index (χ3v) is 3.23. The third kappa shape index (κ3) is 1.90. The van der Waals surface area contributed by atoms with Crippen molar-refractivity contribution in [2.45, 2.75) is 19.9 Å². The summed E-state index contributed by atoms with van der Waals surface area (Å²) in [6, 6.07) is 3.55. The van der Waals surface area contributed by atoms with E-state index >= 15 is 0 Å². The molecule has 0 aliphatic heterocycles. The fourth-order valence-electron chi connectivity index (χ4n) is 1.79. The molecule has 86 valence electrons. The van der Waals surface area contributed by atoms with Crippen molar-refractivity contribution in [1.82, 2.24) is 9.55 Å². The third-order valence-electron chi connectivity index (χ3n) is 2.51. The van der Waals surface area contributed by atoms with Gasteiger partial charge in [-0.25, -0.2) is 4.98 Å². The zero-order valence-corrected chi connectivity index (χ0v) is 10.4. The van der Waals surface area contributed by atoms with Crippen molar-refractivity contribution >= 4 is 34.2 Å². The zero-order valence-electron chi connectivity index (χ0n) is 8.87. The summed E-state index contributed by atoms with van der Waals surface area (Å²) in [5.74, 6) is 0.933. The van der Waals surface area contributed by atoms with Crippen LogP contribution in [0.2, 0.25) is 10.0 Å². The van der Waals surface area contributed by atoms with Gasteiger partial charge in [0.2, 0.25) is 0 Å². The molecule has 5 heteroatoms. The smallest absolute Gasteiger partial charge is 0.109 e. The normalized spacial score (nSPS) is 11.2. The van der Waals surface area contributed by atoms with E-state index in [9.17, 15) is 0 Å². The van der Waals surface area contributed by atoms with Crippen molar-refractivity contribution in [3.63, 3.8) is 0 Å². The molecule has 0 saturated heterocycles. The maximum atomic E-state index is 9.03. The van der Waals surface area contributed by atoms with Crippen LogP contribution in [-0.4, -0.2) is 21.3 Å². The molecule has 0 spiro atoms. The number of halogens is 2. The number of fused-ring (bicyclic) bond motifs is 1. The molecule has 0 radical (unpaired) electrons. The number of hydrogen-bond donors (Lipinski definition) is 1. The first-order valence-corrected chi connectivity index (χ1v) is 5.88. The summed E-state index contributed by atoms with van der Waals surface area (Å²) in [4.78, 5) is 4.46. The highest BCUT2D eigenvalue weighted by Gasteiger charge is 2.11. The fraction of sp³-hybridized carbons (Fsp3) is 0.364. The van der Waals surface area contributed by atoms with Crippen molar-refractivity contribution in [1.29, 1.82) is 0 Å². The molecule has 0 aliphatic rings. The van der Waals surface area contributed by atoms with E-state index in [0.717, 1.165) is 23.3 Å². The lowest BCUT2D eigenvalue weighted by Gasteiger charge is -2.05. The molecular formula is C11H12Cl2N2O. The molecule has 0 amide bonds. The molecule has 1 N–H and O–H groups in total. The van der Waals surface area contributed by atoms with Crippen LogP contribution in [0.5, 0.6) is 0 Å². The summed E-state index contributed by atoms with van der Waals surface area (Å²) >= 11 is 11.9. The maximum absolute atomic E-state index is 9.03. The van der Waals surface area contributed by atoms with Gasteiger partial charge in [0.15, 0.2) is 0 Å². The number of rotatable bonds is 3. The molecule has 1 aromatic carbocycles. The Bertz CT molecular complexity index is 522. The molecule has 0 fully saturated rings. The van der Waals surface area contributed by atoms with Crippen molar-refractivity contribution in [2.75, 3.05) is 6.61 Å². The second-order valence-electron chi connectivity index (χ2n) is 3.51. The quantitative estimate of drug-likeness (QED) is 0.920. The van der Waals surface area contributed by atoms with Crippen molar-refractivity contribution in [3.8, 4) is 0 Å². The number of aromatic nitrogens is 2. The summed E-state index contributed by atoms with van der Waals surface area (Å²) < 4.78 is 1.97. The topological polar surface area (TPSA) is 38.0 Å². The molecule has 3 nitrogen and oxygen atoms in total. The summed E-state index contributed by atoms with van der Waals surface area (Å²) in [7, 11) is 0.